The standard InChI is InChI=1S/C13H19NS/c1-4-10-7-9(2)12-8-11(15)5-6-13(12)14(10)3/h5-6,8-10,15H,4,7H2,1-3H3. The van der Waals surface area contributed by atoms with Crippen LogP contribution in [0.25, 0.3) is 0 Å². The Morgan fingerprint density at radius 1 is 1.47 bits per heavy atom. The summed E-state index contributed by atoms with van der Waals surface area (Å²) in [6.45, 7) is 4.59. The zero-order chi connectivity index (χ0) is 11.0. The summed E-state index contributed by atoms with van der Waals surface area (Å²) in [5.74, 6) is 0.660. The van der Waals surface area contributed by atoms with Crippen molar-refractivity contribution in [3.8, 4) is 0 Å². The maximum absolute atomic E-state index is 4.42. The number of rotatable bonds is 1. The highest BCUT2D eigenvalue weighted by molar-refractivity contribution is 7.80. The van der Waals surface area contributed by atoms with Crippen LogP contribution in [-0.2, 0) is 0 Å². The van der Waals surface area contributed by atoms with Crippen LogP contribution in [0, 0.1) is 0 Å². The summed E-state index contributed by atoms with van der Waals surface area (Å²) in [6, 6.07) is 7.20. The van der Waals surface area contributed by atoms with Gasteiger partial charge in [-0.15, -0.1) is 12.6 Å². The van der Waals surface area contributed by atoms with Crippen LogP contribution in [0.2, 0.25) is 0 Å². The van der Waals surface area contributed by atoms with Crippen molar-refractivity contribution in [2.75, 3.05) is 11.9 Å². The Morgan fingerprint density at radius 2 is 2.20 bits per heavy atom. The first kappa shape index (κ1) is 10.9. The molecule has 0 amide bonds. The van der Waals surface area contributed by atoms with Crippen LogP contribution in [0.3, 0.4) is 0 Å². The lowest BCUT2D eigenvalue weighted by Crippen LogP contribution is -2.36. The first-order chi connectivity index (χ1) is 7.13. The van der Waals surface area contributed by atoms with E-state index in [9.17, 15) is 0 Å². The molecule has 2 rings (SSSR count). The highest BCUT2D eigenvalue weighted by atomic mass is 32.1. The molecule has 1 heterocycles. The van der Waals surface area contributed by atoms with Gasteiger partial charge in [-0.05, 0) is 42.5 Å². The summed E-state index contributed by atoms with van der Waals surface area (Å²) < 4.78 is 0. The third kappa shape index (κ3) is 1.87. The molecule has 0 N–H and O–H groups in total. The van der Waals surface area contributed by atoms with Gasteiger partial charge in [-0.1, -0.05) is 13.8 Å². The van der Waals surface area contributed by atoms with E-state index in [4.69, 9.17) is 0 Å². The van der Waals surface area contributed by atoms with Gasteiger partial charge >= 0.3 is 0 Å². The zero-order valence-corrected chi connectivity index (χ0v) is 10.6. The van der Waals surface area contributed by atoms with E-state index in [0.29, 0.717) is 12.0 Å². The molecule has 1 nitrogen and oxygen atoms in total. The van der Waals surface area contributed by atoms with Crippen LogP contribution in [0.5, 0.6) is 0 Å². The first-order valence-electron chi connectivity index (χ1n) is 5.69. The normalized spacial score (nSPS) is 25.2. The largest absolute Gasteiger partial charge is 0.371 e. The van der Waals surface area contributed by atoms with Crippen molar-refractivity contribution < 1.29 is 0 Å². The van der Waals surface area contributed by atoms with E-state index in [2.05, 4.69) is 56.6 Å². The number of hydrogen-bond acceptors (Lipinski definition) is 2. The molecule has 1 aromatic rings. The molecule has 0 aliphatic carbocycles. The minimum atomic E-state index is 0.660. The van der Waals surface area contributed by atoms with Gasteiger partial charge in [0.25, 0.3) is 0 Å². The first-order valence-corrected chi connectivity index (χ1v) is 6.14. The van der Waals surface area contributed by atoms with Crippen LogP contribution in [0.4, 0.5) is 5.69 Å². The minimum Gasteiger partial charge on any atom is -0.371 e. The lowest BCUT2D eigenvalue weighted by atomic mass is 9.86. The molecule has 82 valence electrons. The molecule has 0 saturated carbocycles. The number of anilines is 1. The smallest absolute Gasteiger partial charge is 0.0402 e. The van der Waals surface area contributed by atoms with Crippen molar-refractivity contribution in [2.45, 2.75) is 43.5 Å². The van der Waals surface area contributed by atoms with E-state index in [1.807, 2.05) is 0 Å². The molecule has 0 aromatic heterocycles. The summed E-state index contributed by atoms with van der Waals surface area (Å²) in [4.78, 5) is 3.49. The van der Waals surface area contributed by atoms with Gasteiger partial charge in [0.2, 0.25) is 0 Å². The van der Waals surface area contributed by atoms with E-state index >= 15 is 0 Å². The molecule has 15 heavy (non-hydrogen) atoms. The second kappa shape index (κ2) is 4.09. The Bertz CT molecular complexity index is 362. The van der Waals surface area contributed by atoms with Crippen LogP contribution in [0.1, 0.15) is 38.2 Å². The molecular weight excluding hydrogens is 202 g/mol. The summed E-state index contributed by atoms with van der Waals surface area (Å²) in [5.41, 5.74) is 2.84. The maximum Gasteiger partial charge on any atom is 0.0402 e. The molecule has 0 saturated heterocycles. The summed E-state index contributed by atoms with van der Waals surface area (Å²) >= 11 is 4.42. The molecule has 0 radical (unpaired) electrons. The van der Waals surface area contributed by atoms with Gasteiger partial charge in [0, 0.05) is 23.7 Å². The van der Waals surface area contributed by atoms with Crippen molar-refractivity contribution >= 4 is 18.3 Å². The van der Waals surface area contributed by atoms with Gasteiger partial charge in [0.05, 0.1) is 0 Å². The van der Waals surface area contributed by atoms with Gasteiger partial charge < -0.3 is 4.90 Å². The number of hydrogen-bond donors (Lipinski definition) is 1. The Hall–Kier alpha value is -0.630. The predicted octanol–water partition coefficient (Wildman–Crippen LogP) is 3.70. The highest BCUT2D eigenvalue weighted by Crippen LogP contribution is 2.39. The van der Waals surface area contributed by atoms with Gasteiger partial charge in [0.15, 0.2) is 0 Å². The van der Waals surface area contributed by atoms with Crippen LogP contribution in [0.15, 0.2) is 23.1 Å². The van der Waals surface area contributed by atoms with Crippen LogP contribution in [-0.4, -0.2) is 13.1 Å². The fourth-order valence-corrected chi connectivity index (χ4v) is 2.80. The van der Waals surface area contributed by atoms with Gasteiger partial charge in [0.1, 0.15) is 0 Å². The van der Waals surface area contributed by atoms with Crippen LogP contribution < -0.4 is 4.90 Å². The van der Waals surface area contributed by atoms with Crippen molar-refractivity contribution in [3.63, 3.8) is 0 Å². The van der Waals surface area contributed by atoms with Crippen LogP contribution >= 0.6 is 12.6 Å². The molecule has 1 aliphatic rings. The lowest BCUT2D eigenvalue weighted by molar-refractivity contribution is 0.490. The fraction of sp³-hybridized carbons (Fsp3) is 0.538. The monoisotopic (exact) mass is 221 g/mol. The van der Waals surface area contributed by atoms with Gasteiger partial charge in [-0.2, -0.15) is 0 Å². The fourth-order valence-electron chi connectivity index (χ4n) is 2.59. The molecule has 1 aliphatic heterocycles. The Kier molecular flexibility index (Phi) is 2.96. The van der Waals surface area contributed by atoms with Crippen molar-refractivity contribution in [1.29, 1.82) is 0 Å². The average molecular weight is 221 g/mol. The Balaban J connectivity index is 2.44. The Labute approximate surface area is 97.9 Å². The molecule has 2 unspecified atom stereocenters. The second-order valence-electron chi connectivity index (χ2n) is 4.55. The zero-order valence-electron chi connectivity index (χ0n) is 9.70. The third-order valence-electron chi connectivity index (χ3n) is 3.57. The molecule has 0 spiro atoms. The van der Waals surface area contributed by atoms with Gasteiger partial charge in [-0.25, -0.2) is 0 Å². The molecule has 1 aromatic carbocycles. The lowest BCUT2D eigenvalue weighted by Gasteiger charge is -2.39. The van der Waals surface area contributed by atoms with E-state index < -0.39 is 0 Å². The quantitative estimate of drug-likeness (QED) is 0.708. The van der Waals surface area contributed by atoms with Gasteiger partial charge in [-0.3, -0.25) is 0 Å². The number of nitrogens with zero attached hydrogens (tertiary/aromatic N) is 1. The van der Waals surface area contributed by atoms with E-state index in [1.54, 1.807) is 0 Å². The van der Waals surface area contributed by atoms with E-state index in [0.717, 1.165) is 4.90 Å². The number of thiol groups is 1. The van der Waals surface area contributed by atoms with E-state index in [1.165, 1.54) is 24.1 Å². The second-order valence-corrected chi connectivity index (χ2v) is 5.07. The van der Waals surface area contributed by atoms with Crippen molar-refractivity contribution in [3.05, 3.63) is 23.8 Å². The molecule has 0 fully saturated rings. The molecule has 2 atom stereocenters. The van der Waals surface area contributed by atoms with Crippen molar-refractivity contribution in [2.24, 2.45) is 0 Å². The minimum absolute atomic E-state index is 0.660. The highest BCUT2D eigenvalue weighted by Gasteiger charge is 2.26. The topological polar surface area (TPSA) is 3.24 Å². The maximum atomic E-state index is 4.42. The predicted molar refractivity (Wildman–Crippen MR) is 69.2 cm³/mol. The van der Waals surface area contributed by atoms with E-state index in [-0.39, 0.29) is 0 Å². The van der Waals surface area contributed by atoms with Crippen molar-refractivity contribution in [1.82, 2.24) is 0 Å². The summed E-state index contributed by atoms with van der Waals surface area (Å²) in [5, 5.41) is 0. The number of fused-ring (bicyclic) bond motifs is 1. The molecular formula is C13H19NS. The third-order valence-corrected chi connectivity index (χ3v) is 3.84. The number of benzene rings is 1. The average Bonchev–Trinajstić information content (AvgIpc) is 2.23. The summed E-state index contributed by atoms with van der Waals surface area (Å²) in [6.07, 6.45) is 2.49. The SMILES string of the molecule is CCC1CC(C)c2cc(S)ccc2N1C. The molecule has 0 bridgehead atoms. The Morgan fingerprint density at radius 3 is 2.87 bits per heavy atom. The summed E-state index contributed by atoms with van der Waals surface area (Å²) in [7, 11) is 2.21. The molecule has 2 heteroatoms.